The van der Waals surface area contributed by atoms with Crippen LogP contribution in [0, 0.1) is 0 Å². The number of carbonyl (C=O) groups is 3. The molecule has 0 saturated heterocycles. The third-order valence-corrected chi connectivity index (χ3v) is 5.58. The Morgan fingerprint density at radius 1 is 0.622 bits per heavy atom. The first-order valence-corrected chi connectivity index (χ1v) is 11.8. The zero-order valence-electron chi connectivity index (χ0n) is 21.3. The molecule has 6 nitrogen and oxygen atoms in total. The van der Waals surface area contributed by atoms with Crippen molar-refractivity contribution in [1.29, 1.82) is 0 Å². The molecule has 0 bridgehead atoms. The van der Waals surface area contributed by atoms with Crippen molar-refractivity contribution in [2.45, 2.75) is 26.7 Å². The molecule has 190 valence electrons. The smallest absolute Gasteiger partial charge is 0.333 e. The van der Waals surface area contributed by atoms with Crippen molar-refractivity contribution in [2.24, 2.45) is 0 Å². The van der Waals surface area contributed by atoms with E-state index in [1.165, 1.54) is 6.92 Å². The second-order valence-electron chi connectivity index (χ2n) is 8.77. The summed E-state index contributed by atoms with van der Waals surface area (Å²) in [5.74, 6) is -1.16. The van der Waals surface area contributed by atoms with E-state index in [1.54, 1.807) is 26.0 Å². The molecule has 3 aromatic rings. The summed E-state index contributed by atoms with van der Waals surface area (Å²) in [5.41, 5.74) is 5.57. The Bertz CT molecular complexity index is 1260. The molecule has 0 saturated carbocycles. The van der Waals surface area contributed by atoms with Gasteiger partial charge in [0.25, 0.3) is 0 Å². The van der Waals surface area contributed by atoms with Crippen molar-refractivity contribution in [1.82, 2.24) is 0 Å². The molecular weight excluding hydrogens is 468 g/mol. The van der Waals surface area contributed by atoms with Crippen LogP contribution in [0.15, 0.2) is 97.1 Å². The lowest BCUT2D eigenvalue weighted by Gasteiger charge is -2.18. The maximum Gasteiger partial charge on any atom is 0.333 e. The third-order valence-electron chi connectivity index (χ3n) is 5.58. The summed E-state index contributed by atoms with van der Waals surface area (Å²) in [5, 5.41) is 0. The Kier molecular flexibility index (Phi) is 9.16. The normalized spacial score (nSPS) is 10.5. The quantitative estimate of drug-likeness (QED) is 0.186. The van der Waals surface area contributed by atoms with E-state index in [9.17, 15) is 14.4 Å². The van der Waals surface area contributed by atoms with Crippen molar-refractivity contribution < 1.29 is 28.6 Å². The molecule has 0 amide bonds. The van der Waals surface area contributed by atoms with Gasteiger partial charge in [-0.3, -0.25) is 4.79 Å². The fourth-order valence-corrected chi connectivity index (χ4v) is 3.52. The minimum Gasteiger partial charge on any atom is -0.462 e. The number of benzene rings is 3. The van der Waals surface area contributed by atoms with Crippen LogP contribution in [0.3, 0.4) is 0 Å². The summed E-state index contributed by atoms with van der Waals surface area (Å²) in [6, 6.07) is 23.3. The van der Waals surface area contributed by atoms with Crippen LogP contribution in [0.2, 0.25) is 0 Å². The number of carbonyl (C=O) groups excluding carboxylic acids is 3. The second kappa shape index (κ2) is 12.5. The highest BCUT2D eigenvalue weighted by atomic mass is 16.5. The Morgan fingerprint density at radius 2 is 0.973 bits per heavy atom. The minimum atomic E-state index is -0.492. The highest BCUT2D eigenvalue weighted by molar-refractivity contribution is 5.87. The van der Waals surface area contributed by atoms with Crippen LogP contribution in [-0.4, -0.2) is 31.1 Å². The van der Waals surface area contributed by atoms with E-state index in [4.69, 9.17) is 14.2 Å². The van der Waals surface area contributed by atoms with Gasteiger partial charge >= 0.3 is 17.9 Å². The van der Waals surface area contributed by atoms with Gasteiger partial charge in [-0.25, -0.2) is 9.59 Å². The van der Waals surface area contributed by atoms with Crippen molar-refractivity contribution in [3.63, 3.8) is 0 Å². The van der Waals surface area contributed by atoms with Crippen molar-refractivity contribution >= 4 is 17.9 Å². The predicted molar refractivity (Wildman–Crippen MR) is 143 cm³/mol. The largest absolute Gasteiger partial charge is 0.462 e. The molecule has 3 rings (SSSR count). The van der Waals surface area contributed by atoms with Crippen molar-refractivity contribution in [2.75, 3.05) is 13.2 Å². The van der Waals surface area contributed by atoms with Crippen LogP contribution in [-0.2, 0) is 23.9 Å². The number of rotatable bonds is 10. The number of hydrogen-bond donors (Lipinski definition) is 0. The number of esters is 3. The molecule has 0 aromatic heterocycles. The molecule has 6 heteroatoms. The summed E-state index contributed by atoms with van der Waals surface area (Å²) in [7, 11) is 0. The van der Waals surface area contributed by atoms with Crippen LogP contribution < -0.4 is 4.74 Å². The van der Waals surface area contributed by atoms with E-state index in [1.807, 2.05) is 60.7 Å². The van der Waals surface area contributed by atoms with E-state index in [0.717, 1.165) is 27.8 Å². The molecule has 0 aliphatic heterocycles. The zero-order valence-corrected chi connectivity index (χ0v) is 21.3. The van der Waals surface area contributed by atoms with Gasteiger partial charge in [-0.15, -0.1) is 0 Å². The highest BCUT2D eigenvalue weighted by Gasteiger charge is 2.18. The first-order valence-electron chi connectivity index (χ1n) is 11.8. The predicted octanol–water partition coefficient (Wildman–Crippen LogP) is 6.27. The Labute approximate surface area is 217 Å². The number of hydrogen-bond acceptors (Lipinski definition) is 6. The molecule has 0 spiro atoms. The highest BCUT2D eigenvalue weighted by Crippen LogP contribution is 2.28. The fraction of sp³-hybridized carbons (Fsp3) is 0.194. The molecule has 0 aliphatic rings. The lowest BCUT2D eigenvalue weighted by Crippen LogP contribution is -2.20. The van der Waals surface area contributed by atoms with Gasteiger partial charge in [-0.05, 0) is 53.8 Å². The molecular formula is C31H30O6. The van der Waals surface area contributed by atoms with E-state index in [-0.39, 0.29) is 25.1 Å². The lowest BCUT2D eigenvalue weighted by atomic mass is 9.96. The summed E-state index contributed by atoms with van der Waals surface area (Å²) in [6.07, 6.45) is 0. The van der Waals surface area contributed by atoms with Crippen LogP contribution in [0.1, 0.15) is 32.3 Å². The van der Waals surface area contributed by atoms with Gasteiger partial charge in [0, 0.05) is 18.1 Å². The Hall–Kier alpha value is -4.45. The summed E-state index contributed by atoms with van der Waals surface area (Å²) in [6.45, 7) is 11.8. The van der Waals surface area contributed by atoms with Crippen LogP contribution in [0.25, 0.3) is 22.3 Å². The maximum atomic E-state index is 11.9. The van der Waals surface area contributed by atoms with Crippen molar-refractivity contribution in [3.05, 3.63) is 103 Å². The molecule has 0 atom stereocenters. The van der Waals surface area contributed by atoms with Crippen LogP contribution in [0.4, 0.5) is 0 Å². The van der Waals surface area contributed by atoms with Crippen LogP contribution in [0.5, 0.6) is 5.75 Å². The van der Waals surface area contributed by atoms with E-state index in [0.29, 0.717) is 16.9 Å². The topological polar surface area (TPSA) is 78.9 Å². The number of ether oxygens (including phenoxy) is 3. The molecule has 0 fully saturated rings. The van der Waals surface area contributed by atoms with Gasteiger partial charge in [0.2, 0.25) is 0 Å². The Balaban J connectivity index is 1.73. The van der Waals surface area contributed by atoms with Crippen molar-refractivity contribution in [3.8, 4) is 28.0 Å². The van der Waals surface area contributed by atoms with Gasteiger partial charge in [0.1, 0.15) is 19.0 Å². The molecule has 0 aliphatic carbocycles. The van der Waals surface area contributed by atoms with Gasteiger partial charge < -0.3 is 14.2 Å². The summed E-state index contributed by atoms with van der Waals surface area (Å²) in [4.78, 5) is 34.9. The lowest BCUT2D eigenvalue weighted by molar-refractivity contribution is -0.142. The first kappa shape index (κ1) is 27.1. The van der Waals surface area contributed by atoms with E-state index in [2.05, 4.69) is 13.2 Å². The minimum absolute atomic E-state index is 0.0550. The average Bonchev–Trinajstić information content (AvgIpc) is 2.88. The zero-order chi connectivity index (χ0) is 26.9. The maximum absolute atomic E-state index is 11.9. The first-order chi connectivity index (χ1) is 17.6. The molecule has 3 aromatic carbocycles. The summed E-state index contributed by atoms with van der Waals surface area (Å²) >= 11 is 0. The molecule has 0 unspecified atom stereocenters. The van der Waals surface area contributed by atoms with E-state index < -0.39 is 11.9 Å². The fourth-order valence-electron chi connectivity index (χ4n) is 3.52. The molecule has 0 N–H and O–H groups in total. The average molecular weight is 499 g/mol. The second-order valence-corrected chi connectivity index (χ2v) is 8.77. The molecule has 37 heavy (non-hydrogen) atoms. The van der Waals surface area contributed by atoms with Gasteiger partial charge in [0.05, 0.1) is 5.92 Å². The summed E-state index contributed by atoms with van der Waals surface area (Å²) < 4.78 is 15.8. The Morgan fingerprint density at radius 3 is 1.32 bits per heavy atom. The van der Waals surface area contributed by atoms with Gasteiger partial charge in [0.15, 0.2) is 0 Å². The SMILES string of the molecule is C=C(C)C(=O)OCC(COC(=O)C(=C)C)c1ccc(-c2ccc(-c3ccc(OC(C)=O)cc3)cc2)cc1. The standard InChI is InChI=1S/C31H30O6/c1-20(2)30(33)35-18-28(19-36-31(34)21(3)4)27-12-10-24(11-13-27)23-6-8-25(9-7-23)26-14-16-29(17-15-26)37-22(5)32/h6-17,28H,1,3,18-19H2,2,4-5H3. The third kappa shape index (κ3) is 7.77. The van der Waals surface area contributed by atoms with Gasteiger partial charge in [-0.2, -0.15) is 0 Å². The van der Waals surface area contributed by atoms with E-state index >= 15 is 0 Å². The van der Waals surface area contributed by atoms with Gasteiger partial charge in [-0.1, -0.05) is 73.8 Å². The monoisotopic (exact) mass is 498 g/mol. The molecule has 0 heterocycles. The van der Waals surface area contributed by atoms with Crippen LogP contribution >= 0.6 is 0 Å². The molecule has 0 radical (unpaired) electrons.